The van der Waals surface area contributed by atoms with Gasteiger partial charge in [-0.15, -0.1) is 11.3 Å². The number of pyridine rings is 1. The standard InChI is InChI=1S/C10H8BrClN2S/c11-7-1-4-10(13-5-7)14-6-8-2-3-9(12)15-8/h1-5H,6H2,(H,13,14). The average molecular weight is 304 g/mol. The fourth-order valence-corrected chi connectivity index (χ4v) is 2.37. The van der Waals surface area contributed by atoms with Crippen molar-refractivity contribution < 1.29 is 0 Å². The fraction of sp³-hybridized carbons (Fsp3) is 0.100. The Labute approximate surface area is 105 Å². The van der Waals surface area contributed by atoms with E-state index in [4.69, 9.17) is 11.6 Å². The van der Waals surface area contributed by atoms with E-state index < -0.39 is 0 Å². The molecule has 0 fully saturated rings. The van der Waals surface area contributed by atoms with Gasteiger partial charge in [0, 0.05) is 15.5 Å². The molecule has 0 saturated carbocycles. The van der Waals surface area contributed by atoms with Crippen LogP contribution in [-0.4, -0.2) is 4.98 Å². The molecule has 0 aromatic carbocycles. The quantitative estimate of drug-likeness (QED) is 0.920. The largest absolute Gasteiger partial charge is 0.365 e. The molecule has 0 radical (unpaired) electrons. The van der Waals surface area contributed by atoms with E-state index in [2.05, 4.69) is 26.2 Å². The Morgan fingerprint density at radius 1 is 1.33 bits per heavy atom. The van der Waals surface area contributed by atoms with Gasteiger partial charge >= 0.3 is 0 Å². The maximum Gasteiger partial charge on any atom is 0.126 e. The van der Waals surface area contributed by atoms with Crippen molar-refractivity contribution in [1.29, 1.82) is 0 Å². The Morgan fingerprint density at radius 3 is 2.80 bits per heavy atom. The van der Waals surface area contributed by atoms with E-state index in [1.54, 1.807) is 17.5 Å². The van der Waals surface area contributed by atoms with Crippen LogP contribution in [0.3, 0.4) is 0 Å². The summed E-state index contributed by atoms with van der Waals surface area (Å²) in [4.78, 5) is 5.41. The van der Waals surface area contributed by atoms with Crippen LogP contribution in [0.15, 0.2) is 34.9 Å². The van der Waals surface area contributed by atoms with E-state index in [9.17, 15) is 0 Å². The first-order valence-electron chi connectivity index (χ1n) is 4.34. The summed E-state index contributed by atoms with van der Waals surface area (Å²) >= 11 is 10.7. The highest BCUT2D eigenvalue weighted by Gasteiger charge is 1.98. The van der Waals surface area contributed by atoms with Gasteiger partial charge in [0.2, 0.25) is 0 Å². The molecule has 2 heterocycles. The first-order valence-corrected chi connectivity index (χ1v) is 6.32. The Bertz CT molecular complexity index is 441. The lowest BCUT2D eigenvalue weighted by molar-refractivity contribution is 1.14. The molecule has 15 heavy (non-hydrogen) atoms. The summed E-state index contributed by atoms with van der Waals surface area (Å²) in [5.41, 5.74) is 0. The number of thiophene rings is 1. The van der Waals surface area contributed by atoms with Gasteiger partial charge in [-0.1, -0.05) is 11.6 Å². The third-order valence-corrected chi connectivity index (χ3v) is 3.50. The molecular formula is C10H8BrClN2S. The number of anilines is 1. The van der Waals surface area contributed by atoms with Crippen molar-refractivity contribution in [3.8, 4) is 0 Å². The highest BCUT2D eigenvalue weighted by atomic mass is 79.9. The third-order valence-electron chi connectivity index (χ3n) is 1.80. The summed E-state index contributed by atoms with van der Waals surface area (Å²) < 4.78 is 1.79. The zero-order valence-corrected chi connectivity index (χ0v) is 10.9. The summed E-state index contributed by atoms with van der Waals surface area (Å²) in [7, 11) is 0. The summed E-state index contributed by atoms with van der Waals surface area (Å²) in [6.07, 6.45) is 1.77. The van der Waals surface area contributed by atoms with Crippen molar-refractivity contribution >= 4 is 44.7 Å². The molecule has 0 atom stereocenters. The van der Waals surface area contributed by atoms with E-state index in [1.165, 1.54) is 4.88 Å². The zero-order valence-electron chi connectivity index (χ0n) is 7.71. The Kier molecular flexibility index (Phi) is 3.61. The highest BCUT2D eigenvalue weighted by Crippen LogP contribution is 2.22. The van der Waals surface area contributed by atoms with Gasteiger partial charge in [0.25, 0.3) is 0 Å². The van der Waals surface area contributed by atoms with Crippen molar-refractivity contribution in [2.45, 2.75) is 6.54 Å². The first-order chi connectivity index (χ1) is 7.24. The van der Waals surface area contributed by atoms with E-state index in [1.807, 2.05) is 24.3 Å². The Hall–Kier alpha value is -0.580. The minimum absolute atomic E-state index is 0.756. The minimum Gasteiger partial charge on any atom is -0.365 e. The second-order valence-corrected chi connectivity index (χ2v) is 5.64. The molecule has 2 rings (SSSR count). The molecule has 2 nitrogen and oxygen atoms in total. The van der Waals surface area contributed by atoms with Gasteiger partial charge in [-0.05, 0) is 40.2 Å². The van der Waals surface area contributed by atoms with E-state index in [-0.39, 0.29) is 0 Å². The van der Waals surface area contributed by atoms with Crippen molar-refractivity contribution in [1.82, 2.24) is 4.98 Å². The maximum absolute atomic E-state index is 5.83. The molecule has 5 heteroatoms. The number of rotatable bonds is 3. The molecular weight excluding hydrogens is 296 g/mol. The molecule has 2 aromatic heterocycles. The molecule has 0 saturated heterocycles. The second-order valence-electron chi connectivity index (χ2n) is 2.92. The lowest BCUT2D eigenvalue weighted by Gasteiger charge is -2.02. The lowest BCUT2D eigenvalue weighted by Crippen LogP contribution is -1.98. The predicted molar refractivity (Wildman–Crippen MR) is 68.6 cm³/mol. The SMILES string of the molecule is Clc1ccc(CNc2ccc(Br)cn2)s1. The summed E-state index contributed by atoms with van der Waals surface area (Å²) in [5.74, 6) is 0.864. The van der Waals surface area contributed by atoms with Gasteiger partial charge in [0.15, 0.2) is 0 Å². The lowest BCUT2D eigenvalue weighted by atomic mass is 10.4. The first kappa shape index (κ1) is 10.9. The molecule has 0 aliphatic heterocycles. The second kappa shape index (κ2) is 4.96. The number of aromatic nitrogens is 1. The molecule has 0 unspecified atom stereocenters. The molecule has 1 N–H and O–H groups in total. The van der Waals surface area contributed by atoms with Gasteiger partial charge in [-0.2, -0.15) is 0 Å². The molecule has 2 aromatic rings. The van der Waals surface area contributed by atoms with Crippen molar-refractivity contribution in [2.75, 3.05) is 5.32 Å². The normalized spacial score (nSPS) is 10.3. The van der Waals surface area contributed by atoms with Crippen LogP contribution >= 0.6 is 38.9 Å². The number of hydrogen-bond donors (Lipinski definition) is 1. The van der Waals surface area contributed by atoms with E-state index in [0.29, 0.717) is 0 Å². The van der Waals surface area contributed by atoms with E-state index >= 15 is 0 Å². The third kappa shape index (κ3) is 3.19. The maximum atomic E-state index is 5.83. The zero-order chi connectivity index (χ0) is 10.7. The topological polar surface area (TPSA) is 24.9 Å². The van der Waals surface area contributed by atoms with Crippen LogP contribution in [-0.2, 0) is 6.54 Å². The van der Waals surface area contributed by atoms with Crippen LogP contribution in [0, 0.1) is 0 Å². The number of nitrogens with zero attached hydrogens (tertiary/aromatic N) is 1. The van der Waals surface area contributed by atoms with Crippen molar-refractivity contribution in [2.24, 2.45) is 0 Å². The molecule has 0 bridgehead atoms. The summed E-state index contributed by atoms with van der Waals surface area (Å²) in [6, 6.07) is 7.80. The molecule has 0 aliphatic rings. The molecule has 78 valence electrons. The van der Waals surface area contributed by atoms with Gasteiger partial charge in [0.1, 0.15) is 5.82 Å². The van der Waals surface area contributed by atoms with Crippen LogP contribution in [0.1, 0.15) is 4.88 Å². The van der Waals surface area contributed by atoms with Gasteiger partial charge in [-0.25, -0.2) is 4.98 Å². The minimum atomic E-state index is 0.756. The molecule has 0 aliphatic carbocycles. The van der Waals surface area contributed by atoms with Gasteiger partial charge in [-0.3, -0.25) is 0 Å². The number of halogens is 2. The smallest absolute Gasteiger partial charge is 0.126 e. The van der Waals surface area contributed by atoms with Gasteiger partial charge in [0.05, 0.1) is 10.9 Å². The monoisotopic (exact) mass is 302 g/mol. The average Bonchev–Trinajstić information content (AvgIpc) is 2.64. The van der Waals surface area contributed by atoms with Crippen molar-refractivity contribution in [3.05, 3.63) is 44.1 Å². The van der Waals surface area contributed by atoms with Crippen LogP contribution in [0.5, 0.6) is 0 Å². The molecule has 0 spiro atoms. The Balaban J connectivity index is 1.96. The van der Waals surface area contributed by atoms with Crippen LogP contribution < -0.4 is 5.32 Å². The number of nitrogens with one attached hydrogen (secondary N) is 1. The fourth-order valence-electron chi connectivity index (χ4n) is 1.10. The highest BCUT2D eigenvalue weighted by molar-refractivity contribution is 9.10. The van der Waals surface area contributed by atoms with Crippen LogP contribution in [0.2, 0.25) is 4.34 Å². The van der Waals surface area contributed by atoms with Crippen LogP contribution in [0.25, 0.3) is 0 Å². The van der Waals surface area contributed by atoms with Gasteiger partial charge < -0.3 is 5.32 Å². The molecule has 0 amide bonds. The predicted octanol–water partition coefficient (Wildman–Crippen LogP) is 4.17. The number of hydrogen-bond acceptors (Lipinski definition) is 3. The van der Waals surface area contributed by atoms with E-state index in [0.717, 1.165) is 21.2 Å². The summed E-state index contributed by atoms with van der Waals surface area (Å²) in [6.45, 7) is 0.756. The summed E-state index contributed by atoms with van der Waals surface area (Å²) in [5, 5.41) is 3.22. The Morgan fingerprint density at radius 2 is 2.20 bits per heavy atom. The van der Waals surface area contributed by atoms with Crippen LogP contribution in [0.4, 0.5) is 5.82 Å². The van der Waals surface area contributed by atoms with Crippen molar-refractivity contribution in [3.63, 3.8) is 0 Å².